The van der Waals surface area contributed by atoms with Crippen LogP contribution in [0.3, 0.4) is 0 Å². The van der Waals surface area contributed by atoms with E-state index >= 15 is 0 Å². The molecule has 0 spiro atoms. The van der Waals surface area contributed by atoms with Crippen LogP contribution in [0.4, 0.5) is 0 Å². The average molecular weight is 188 g/mol. The molecule has 0 aliphatic rings. The van der Waals surface area contributed by atoms with E-state index in [0.717, 1.165) is 10.8 Å². The molecule has 0 amide bonds. The lowest BCUT2D eigenvalue weighted by Crippen LogP contribution is -1.93. The van der Waals surface area contributed by atoms with Gasteiger partial charge >= 0.3 is 0 Å². The highest BCUT2D eigenvalue weighted by atomic mass is 16.3. The van der Waals surface area contributed by atoms with Crippen molar-refractivity contribution >= 4 is 10.8 Å². The number of aliphatic hydroxyl groups excluding tert-OH is 1. The zero-order chi connectivity index (χ0) is 10.1. The number of phenolic OH excluding ortho intramolecular Hbond substituents is 1. The number of hydrogen-bond acceptors (Lipinski definition) is 2. The first-order valence-corrected chi connectivity index (χ1v) is 4.59. The van der Waals surface area contributed by atoms with Crippen LogP contribution in [-0.4, -0.2) is 10.2 Å². The van der Waals surface area contributed by atoms with Gasteiger partial charge in [-0.1, -0.05) is 30.3 Å². The smallest absolute Gasteiger partial charge is 0.122 e. The van der Waals surface area contributed by atoms with E-state index in [9.17, 15) is 10.2 Å². The first-order chi connectivity index (χ1) is 6.70. The largest absolute Gasteiger partial charge is 0.508 e. The molecular formula is C12H12O2. The van der Waals surface area contributed by atoms with Gasteiger partial charge in [0.25, 0.3) is 0 Å². The number of rotatable bonds is 1. The summed E-state index contributed by atoms with van der Waals surface area (Å²) in [6.45, 7) is 1.65. The van der Waals surface area contributed by atoms with Crippen molar-refractivity contribution < 1.29 is 10.2 Å². The van der Waals surface area contributed by atoms with Gasteiger partial charge in [-0.25, -0.2) is 0 Å². The third-order valence-corrected chi connectivity index (χ3v) is 2.37. The number of aromatic hydroxyl groups is 1. The summed E-state index contributed by atoms with van der Waals surface area (Å²) in [7, 11) is 0. The Bertz CT molecular complexity index is 461. The van der Waals surface area contributed by atoms with Crippen LogP contribution in [0.25, 0.3) is 10.8 Å². The van der Waals surface area contributed by atoms with E-state index in [-0.39, 0.29) is 5.75 Å². The summed E-state index contributed by atoms with van der Waals surface area (Å²) >= 11 is 0. The van der Waals surface area contributed by atoms with Gasteiger partial charge in [0.2, 0.25) is 0 Å². The maximum atomic E-state index is 9.62. The van der Waals surface area contributed by atoms with Gasteiger partial charge < -0.3 is 10.2 Å². The predicted octanol–water partition coefficient (Wildman–Crippen LogP) is 2.60. The summed E-state index contributed by atoms with van der Waals surface area (Å²) in [4.78, 5) is 0. The van der Waals surface area contributed by atoms with Crippen LogP contribution in [0.15, 0.2) is 36.4 Å². The minimum absolute atomic E-state index is 0.152. The molecule has 0 radical (unpaired) electrons. The monoisotopic (exact) mass is 188 g/mol. The molecule has 0 aromatic heterocycles. The van der Waals surface area contributed by atoms with Gasteiger partial charge in [0, 0.05) is 5.56 Å². The predicted molar refractivity (Wildman–Crippen MR) is 56.2 cm³/mol. The molecule has 2 nitrogen and oxygen atoms in total. The molecule has 0 bridgehead atoms. The van der Waals surface area contributed by atoms with E-state index < -0.39 is 6.10 Å². The van der Waals surface area contributed by atoms with Crippen molar-refractivity contribution in [2.24, 2.45) is 0 Å². The number of phenols is 1. The Balaban J connectivity index is 2.83. The van der Waals surface area contributed by atoms with E-state index in [4.69, 9.17) is 0 Å². The topological polar surface area (TPSA) is 40.5 Å². The first kappa shape index (κ1) is 9.03. The van der Waals surface area contributed by atoms with Gasteiger partial charge in [-0.15, -0.1) is 0 Å². The maximum absolute atomic E-state index is 9.62. The molecular weight excluding hydrogens is 176 g/mol. The van der Waals surface area contributed by atoms with Gasteiger partial charge in [0.1, 0.15) is 5.75 Å². The standard InChI is InChI=1S/C12H12O2/c1-8(13)12-10-5-3-2-4-9(10)6-7-11(12)14/h2-8,13-14H,1H3. The summed E-state index contributed by atoms with van der Waals surface area (Å²) in [6, 6.07) is 11.2. The number of benzene rings is 2. The Labute approximate surface area is 82.4 Å². The Morgan fingerprint density at radius 2 is 1.79 bits per heavy atom. The molecule has 72 valence electrons. The Kier molecular flexibility index (Phi) is 2.14. The fourth-order valence-corrected chi connectivity index (χ4v) is 1.72. The molecule has 2 aromatic rings. The molecule has 0 aliphatic carbocycles. The summed E-state index contributed by atoms with van der Waals surface area (Å²) < 4.78 is 0. The number of hydrogen-bond donors (Lipinski definition) is 2. The van der Waals surface area contributed by atoms with Crippen LogP contribution in [0.5, 0.6) is 5.75 Å². The van der Waals surface area contributed by atoms with Crippen molar-refractivity contribution in [1.29, 1.82) is 0 Å². The third kappa shape index (κ3) is 1.34. The lowest BCUT2D eigenvalue weighted by atomic mass is 10.0. The maximum Gasteiger partial charge on any atom is 0.122 e. The summed E-state index contributed by atoms with van der Waals surface area (Å²) in [5.74, 6) is 0.152. The van der Waals surface area contributed by atoms with Gasteiger partial charge in [0.15, 0.2) is 0 Å². The van der Waals surface area contributed by atoms with Crippen LogP contribution in [0, 0.1) is 0 Å². The van der Waals surface area contributed by atoms with Crippen molar-refractivity contribution in [2.75, 3.05) is 0 Å². The average Bonchev–Trinajstić information content (AvgIpc) is 2.17. The molecule has 0 heterocycles. The second kappa shape index (κ2) is 3.31. The van der Waals surface area contributed by atoms with Crippen LogP contribution < -0.4 is 0 Å². The molecule has 0 fully saturated rings. The van der Waals surface area contributed by atoms with E-state index in [2.05, 4.69) is 0 Å². The zero-order valence-corrected chi connectivity index (χ0v) is 7.94. The number of fused-ring (bicyclic) bond motifs is 1. The third-order valence-electron chi connectivity index (χ3n) is 2.37. The Hall–Kier alpha value is -1.54. The SMILES string of the molecule is CC(O)c1c(O)ccc2ccccc12. The zero-order valence-electron chi connectivity index (χ0n) is 7.94. The minimum Gasteiger partial charge on any atom is -0.508 e. The van der Waals surface area contributed by atoms with Gasteiger partial charge in [0.05, 0.1) is 6.10 Å². The van der Waals surface area contributed by atoms with Crippen molar-refractivity contribution in [3.05, 3.63) is 42.0 Å². The van der Waals surface area contributed by atoms with Crippen LogP contribution in [0.2, 0.25) is 0 Å². The Morgan fingerprint density at radius 3 is 2.50 bits per heavy atom. The highest BCUT2D eigenvalue weighted by Crippen LogP contribution is 2.31. The molecule has 2 heteroatoms. The van der Waals surface area contributed by atoms with Crippen molar-refractivity contribution in [3.63, 3.8) is 0 Å². The summed E-state index contributed by atoms with van der Waals surface area (Å²) in [5.41, 5.74) is 0.600. The fraction of sp³-hybridized carbons (Fsp3) is 0.167. The highest BCUT2D eigenvalue weighted by Gasteiger charge is 2.10. The summed E-state index contributed by atoms with van der Waals surface area (Å²) in [5, 5.41) is 21.1. The minimum atomic E-state index is -0.652. The quantitative estimate of drug-likeness (QED) is 0.722. The van der Waals surface area contributed by atoms with Crippen molar-refractivity contribution in [3.8, 4) is 5.75 Å². The van der Waals surface area contributed by atoms with Crippen molar-refractivity contribution in [1.82, 2.24) is 0 Å². The molecule has 2 rings (SSSR count). The highest BCUT2D eigenvalue weighted by molar-refractivity contribution is 5.87. The molecule has 2 aromatic carbocycles. The van der Waals surface area contributed by atoms with Gasteiger partial charge in [-0.3, -0.25) is 0 Å². The van der Waals surface area contributed by atoms with Crippen LogP contribution >= 0.6 is 0 Å². The normalized spacial score (nSPS) is 13.0. The second-order valence-electron chi connectivity index (χ2n) is 3.40. The first-order valence-electron chi connectivity index (χ1n) is 4.59. The molecule has 1 unspecified atom stereocenters. The molecule has 2 N–H and O–H groups in total. The van der Waals surface area contributed by atoms with Crippen LogP contribution in [-0.2, 0) is 0 Å². The molecule has 0 saturated heterocycles. The second-order valence-corrected chi connectivity index (χ2v) is 3.40. The summed E-state index contributed by atoms with van der Waals surface area (Å²) in [6.07, 6.45) is -0.652. The van der Waals surface area contributed by atoms with E-state index in [0.29, 0.717) is 5.56 Å². The van der Waals surface area contributed by atoms with Crippen molar-refractivity contribution in [2.45, 2.75) is 13.0 Å². The van der Waals surface area contributed by atoms with E-state index in [1.807, 2.05) is 30.3 Å². The molecule has 1 atom stereocenters. The van der Waals surface area contributed by atoms with Gasteiger partial charge in [-0.05, 0) is 23.8 Å². The van der Waals surface area contributed by atoms with Crippen LogP contribution in [0.1, 0.15) is 18.6 Å². The molecule has 14 heavy (non-hydrogen) atoms. The lowest BCUT2D eigenvalue weighted by molar-refractivity contribution is 0.196. The van der Waals surface area contributed by atoms with E-state index in [1.165, 1.54) is 0 Å². The van der Waals surface area contributed by atoms with Gasteiger partial charge in [-0.2, -0.15) is 0 Å². The fourth-order valence-electron chi connectivity index (χ4n) is 1.72. The Morgan fingerprint density at radius 1 is 1.07 bits per heavy atom. The number of aliphatic hydroxyl groups is 1. The lowest BCUT2D eigenvalue weighted by Gasteiger charge is -2.11. The molecule has 0 saturated carbocycles. The van der Waals surface area contributed by atoms with E-state index in [1.54, 1.807) is 13.0 Å². The molecule has 0 aliphatic heterocycles.